The molecule has 0 aliphatic carbocycles. The van der Waals surface area contributed by atoms with Crippen molar-refractivity contribution in [3.63, 3.8) is 0 Å². The van der Waals surface area contributed by atoms with Crippen LogP contribution in [0.25, 0.3) is 0 Å². The normalized spacial score (nSPS) is 15.9. The Bertz CT molecular complexity index is 591. The average Bonchev–Trinajstić information content (AvgIpc) is 2.29. The number of hydrogen-bond acceptors (Lipinski definition) is 8. The van der Waals surface area contributed by atoms with Crippen molar-refractivity contribution in [2.75, 3.05) is 0 Å². The van der Waals surface area contributed by atoms with Gasteiger partial charge in [-0.15, -0.1) is 0 Å². The van der Waals surface area contributed by atoms with Gasteiger partial charge in [0.1, 0.15) is 0 Å². The van der Waals surface area contributed by atoms with Gasteiger partial charge in [-0.1, -0.05) is 0 Å². The molecule has 0 heterocycles. The van der Waals surface area contributed by atoms with Crippen molar-refractivity contribution in [3.05, 3.63) is 0 Å². The molecule has 0 bridgehead atoms. The summed E-state index contributed by atoms with van der Waals surface area (Å²) < 4.78 is 51.8. The molecule has 8 nitrogen and oxygen atoms in total. The lowest BCUT2D eigenvalue weighted by atomic mass is 10.2. The van der Waals surface area contributed by atoms with Crippen LogP contribution in [0.5, 0.6) is 0 Å². The Labute approximate surface area is 229 Å². The van der Waals surface area contributed by atoms with Crippen molar-refractivity contribution in [3.8, 4) is 0 Å². The fourth-order valence-corrected chi connectivity index (χ4v) is 7.19. The largest absolute Gasteiger partial charge is 0.688 e. The summed E-state index contributed by atoms with van der Waals surface area (Å²) in [7, 11) is -4.24. The molecule has 224 valence electrons. The average molecular weight is 553 g/mol. The van der Waals surface area contributed by atoms with E-state index in [1.807, 2.05) is 138 Å². The summed E-state index contributed by atoms with van der Waals surface area (Å²) >= 11 is 0. The Morgan fingerprint density at radius 1 is 0.270 bits per heavy atom. The highest BCUT2D eigenvalue weighted by molar-refractivity contribution is 6.54. The first-order valence-electron chi connectivity index (χ1n) is 13.3. The fraction of sp³-hybridized carbons (Fsp3) is 1.00. The van der Waals surface area contributed by atoms with Crippen LogP contribution in [-0.2, 0) is 36.7 Å². The molecule has 9 heteroatoms. The quantitative estimate of drug-likeness (QED) is 0.180. The van der Waals surface area contributed by atoms with Crippen molar-refractivity contribution in [2.45, 2.75) is 184 Å². The summed E-state index contributed by atoms with van der Waals surface area (Å²) in [6.45, 7) is 37.9. The standard InChI is InChI=1S/C28H60O8Si/c1-21(2,3)29-25(13,14)33-37(34-26(15,16)30-22(4,5)6,35-27(17,18)31-23(7,8)9)36-28(19,20)32-24(10,11)12/h1-20H3. The van der Waals surface area contributed by atoms with E-state index in [4.69, 9.17) is 36.7 Å². The van der Waals surface area contributed by atoms with Gasteiger partial charge in [0.15, 0.2) is 23.1 Å². The second-order valence-corrected chi connectivity index (χ2v) is 17.2. The predicted molar refractivity (Wildman–Crippen MR) is 150 cm³/mol. The molecule has 0 spiro atoms. The van der Waals surface area contributed by atoms with E-state index in [9.17, 15) is 0 Å². The molecule has 0 unspecified atom stereocenters. The van der Waals surface area contributed by atoms with E-state index in [1.165, 1.54) is 0 Å². The molecule has 0 aromatic heterocycles. The highest BCUT2D eigenvalue weighted by Crippen LogP contribution is 2.38. The molecule has 0 aliphatic heterocycles. The zero-order valence-corrected chi connectivity index (χ0v) is 28.8. The molecule has 0 aromatic rings. The third kappa shape index (κ3) is 18.0. The van der Waals surface area contributed by atoms with Gasteiger partial charge in [-0.3, -0.25) is 0 Å². The van der Waals surface area contributed by atoms with Gasteiger partial charge in [-0.25, -0.2) is 0 Å². The second-order valence-electron chi connectivity index (χ2n) is 15.4. The van der Waals surface area contributed by atoms with Crippen LogP contribution in [0.4, 0.5) is 0 Å². The van der Waals surface area contributed by atoms with Gasteiger partial charge >= 0.3 is 9.05 Å². The first-order chi connectivity index (χ1) is 15.7. The minimum absolute atomic E-state index is 0.518. The molecule has 0 radical (unpaired) electrons. The first-order valence-corrected chi connectivity index (χ1v) is 14.9. The highest BCUT2D eigenvalue weighted by atomic mass is 28.4. The number of hydrogen-bond donors (Lipinski definition) is 0. The fourth-order valence-electron chi connectivity index (χ4n) is 4.36. The van der Waals surface area contributed by atoms with Gasteiger partial charge < -0.3 is 36.7 Å². The van der Waals surface area contributed by atoms with Gasteiger partial charge in [0, 0.05) is 0 Å². The molecule has 37 heavy (non-hydrogen) atoms. The first kappa shape index (κ1) is 36.9. The van der Waals surface area contributed by atoms with Gasteiger partial charge in [-0.05, 0) is 138 Å². The van der Waals surface area contributed by atoms with E-state index in [1.54, 1.807) is 0 Å². The highest BCUT2D eigenvalue weighted by Gasteiger charge is 2.61. The molecule has 0 N–H and O–H groups in total. The molecule has 0 atom stereocenters. The smallest absolute Gasteiger partial charge is 0.346 e. The van der Waals surface area contributed by atoms with Crippen LogP contribution >= 0.6 is 0 Å². The molecule has 0 saturated heterocycles. The molecule has 0 rings (SSSR count). The third-order valence-electron chi connectivity index (χ3n) is 3.69. The summed E-state index contributed by atoms with van der Waals surface area (Å²) in [5.41, 5.74) is -2.07. The summed E-state index contributed by atoms with van der Waals surface area (Å²) in [5, 5.41) is 0. The summed E-state index contributed by atoms with van der Waals surface area (Å²) in [6.07, 6.45) is 0. The van der Waals surface area contributed by atoms with E-state index in [-0.39, 0.29) is 0 Å². The minimum Gasteiger partial charge on any atom is -0.346 e. The van der Waals surface area contributed by atoms with Crippen LogP contribution in [-0.4, -0.2) is 54.6 Å². The predicted octanol–water partition coefficient (Wildman–Crippen LogP) is 7.69. The molecule has 0 aromatic carbocycles. The molecule has 0 aliphatic rings. The van der Waals surface area contributed by atoms with Crippen molar-refractivity contribution in [2.24, 2.45) is 0 Å². The maximum absolute atomic E-state index is 6.66. The Kier molecular flexibility index (Phi) is 11.4. The van der Waals surface area contributed by atoms with E-state index in [2.05, 4.69) is 0 Å². The number of ether oxygens (including phenoxy) is 4. The zero-order chi connectivity index (χ0) is 30.2. The van der Waals surface area contributed by atoms with Crippen molar-refractivity contribution >= 4 is 9.05 Å². The maximum Gasteiger partial charge on any atom is 0.688 e. The van der Waals surface area contributed by atoms with Crippen LogP contribution in [0.2, 0.25) is 0 Å². The van der Waals surface area contributed by atoms with Crippen LogP contribution in [0.1, 0.15) is 138 Å². The Morgan fingerprint density at radius 3 is 0.514 bits per heavy atom. The van der Waals surface area contributed by atoms with Gasteiger partial charge in [-0.2, -0.15) is 0 Å². The van der Waals surface area contributed by atoms with E-state index in [0.717, 1.165) is 0 Å². The van der Waals surface area contributed by atoms with E-state index in [0.29, 0.717) is 0 Å². The van der Waals surface area contributed by atoms with E-state index < -0.39 is 54.6 Å². The second kappa shape index (κ2) is 11.4. The van der Waals surface area contributed by atoms with Crippen molar-refractivity contribution < 1.29 is 36.7 Å². The molecular weight excluding hydrogens is 492 g/mol. The van der Waals surface area contributed by atoms with Crippen LogP contribution in [0.3, 0.4) is 0 Å². The third-order valence-corrected chi connectivity index (χ3v) is 6.66. The maximum atomic E-state index is 6.66. The Balaban J connectivity index is 6.96. The molecule has 0 fully saturated rings. The van der Waals surface area contributed by atoms with E-state index >= 15 is 0 Å². The van der Waals surface area contributed by atoms with Gasteiger partial charge in [0.25, 0.3) is 0 Å². The SMILES string of the molecule is CC(C)(C)OC(C)(C)O[Si](OC(C)(C)OC(C)(C)C)(OC(C)(C)OC(C)(C)C)OC(C)(C)OC(C)(C)C. The van der Waals surface area contributed by atoms with Crippen LogP contribution in [0, 0.1) is 0 Å². The van der Waals surface area contributed by atoms with Crippen LogP contribution < -0.4 is 0 Å². The topological polar surface area (TPSA) is 73.8 Å². The lowest BCUT2D eigenvalue weighted by molar-refractivity contribution is -0.338. The summed E-state index contributed by atoms with van der Waals surface area (Å²) in [6, 6.07) is 0. The Morgan fingerprint density at radius 2 is 0.405 bits per heavy atom. The summed E-state index contributed by atoms with van der Waals surface area (Å²) in [5.74, 6) is -4.67. The van der Waals surface area contributed by atoms with Gasteiger partial charge in [0.05, 0.1) is 22.4 Å². The Hall–Kier alpha value is -0.103. The zero-order valence-electron chi connectivity index (χ0n) is 27.8. The lowest BCUT2D eigenvalue weighted by Crippen LogP contribution is -2.66. The molecular formula is C28H60O8Si. The molecule has 0 saturated carbocycles. The monoisotopic (exact) mass is 552 g/mol. The van der Waals surface area contributed by atoms with Gasteiger partial charge in [0.2, 0.25) is 0 Å². The van der Waals surface area contributed by atoms with Crippen molar-refractivity contribution in [1.29, 1.82) is 0 Å². The van der Waals surface area contributed by atoms with Crippen molar-refractivity contribution in [1.82, 2.24) is 0 Å². The lowest BCUT2D eigenvalue weighted by Gasteiger charge is -2.48. The number of rotatable bonds is 12. The summed E-state index contributed by atoms with van der Waals surface area (Å²) in [4.78, 5) is 0. The molecule has 0 amide bonds. The minimum atomic E-state index is -4.24. The van der Waals surface area contributed by atoms with Crippen LogP contribution in [0.15, 0.2) is 0 Å².